The molecular formula is C21H25NO4. The van der Waals surface area contributed by atoms with E-state index in [0.29, 0.717) is 17.2 Å². The minimum atomic E-state index is -0.539. The lowest BCUT2D eigenvalue weighted by atomic mass is 9.97. The van der Waals surface area contributed by atoms with Crippen LogP contribution in [0, 0.1) is 5.92 Å². The number of nitrogens with one attached hydrogen (secondary N) is 1. The van der Waals surface area contributed by atoms with E-state index in [4.69, 9.17) is 9.47 Å². The van der Waals surface area contributed by atoms with E-state index < -0.39 is 5.97 Å². The highest BCUT2D eigenvalue weighted by atomic mass is 16.5. The summed E-state index contributed by atoms with van der Waals surface area (Å²) in [5.41, 5.74) is 1.41. The third kappa shape index (κ3) is 5.92. The smallest absolute Gasteiger partial charge is 0.338 e. The number of carbonyl (C=O) groups excluding carboxylic acids is 2. The van der Waals surface area contributed by atoms with E-state index in [0.717, 1.165) is 12.0 Å². The Labute approximate surface area is 154 Å². The van der Waals surface area contributed by atoms with Gasteiger partial charge in [-0.25, -0.2) is 4.79 Å². The molecule has 0 saturated carbocycles. The van der Waals surface area contributed by atoms with Gasteiger partial charge in [0, 0.05) is 0 Å². The topological polar surface area (TPSA) is 64.6 Å². The van der Waals surface area contributed by atoms with Gasteiger partial charge >= 0.3 is 5.97 Å². The molecule has 0 bridgehead atoms. The molecule has 5 heteroatoms. The van der Waals surface area contributed by atoms with Crippen molar-refractivity contribution in [2.24, 2.45) is 5.92 Å². The number of carbonyl (C=O) groups is 2. The summed E-state index contributed by atoms with van der Waals surface area (Å²) >= 11 is 0. The van der Waals surface area contributed by atoms with Crippen molar-refractivity contribution in [3.05, 3.63) is 65.7 Å². The minimum Gasteiger partial charge on any atom is -0.497 e. The Morgan fingerprint density at radius 1 is 1.00 bits per heavy atom. The molecule has 0 radical (unpaired) electrons. The van der Waals surface area contributed by atoms with E-state index in [1.165, 1.54) is 0 Å². The number of amides is 1. The second-order valence-corrected chi connectivity index (χ2v) is 6.46. The van der Waals surface area contributed by atoms with Gasteiger partial charge in [-0.1, -0.05) is 44.2 Å². The molecule has 1 atom stereocenters. The lowest BCUT2D eigenvalue weighted by Gasteiger charge is -2.21. The van der Waals surface area contributed by atoms with Crippen LogP contribution in [0.15, 0.2) is 54.6 Å². The molecule has 2 rings (SSSR count). The van der Waals surface area contributed by atoms with Gasteiger partial charge in [-0.3, -0.25) is 4.79 Å². The third-order valence-corrected chi connectivity index (χ3v) is 3.90. The van der Waals surface area contributed by atoms with E-state index in [9.17, 15) is 9.59 Å². The van der Waals surface area contributed by atoms with Crippen molar-refractivity contribution in [2.45, 2.75) is 26.3 Å². The van der Waals surface area contributed by atoms with Crippen LogP contribution in [0.1, 0.15) is 42.2 Å². The average molecular weight is 355 g/mol. The van der Waals surface area contributed by atoms with Crippen LogP contribution in [0.2, 0.25) is 0 Å². The fraction of sp³-hybridized carbons (Fsp3) is 0.333. The Kier molecular flexibility index (Phi) is 7.21. The molecule has 0 aromatic heterocycles. The van der Waals surface area contributed by atoms with Gasteiger partial charge in [0.2, 0.25) is 0 Å². The van der Waals surface area contributed by atoms with Gasteiger partial charge < -0.3 is 14.8 Å². The Morgan fingerprint density at radius 3 is 2.23 bits per heavy atom. The van der Waals surface area contributed by atoms with Crippen molar-refractivity contribution < 1.29 is 19.1 Å². The summed E-state index contributed by atoms with van der Waals surface area (Å²) in [7, 11) is 1.55. The largest absolute Gasteiger partial charge is 0.497 e. The molecule has 138 valence electrons. The standard InChI is InChI=1S/C21H25NO4/c1-15(2)13-19(16-7-5-4-6-8-16)22-20(23)14-26-21(24)17-9-11-18(25-3)12-10-17/h4-12,15,19H,13-14H2,1-3H3,(H,22,23)/t19-/m1/s1. The maximum atomic E-state index is 12.2. The molecular weight excluding hydrogens is 330 g/mol. The van der Waals surface area contributed by atoms with Crippen molar-refractivity contribution in [3.8, 4) is 5.75 Å². The van der Waals surface area contributed by atoms with Crippen molar-refractivity contribution >= 4 is 11.9 Å². The van der Waals surface area contributed by atoms with Gasteiger partial charge in [0.25, 0.3) is 5.91 Å². The van der Waals surface area contributed by atoms with Crippen molar-refractivity contribution in [2.75, 3.05) is 13.7 Å². The summed E-state index contributed by atoms with van der Waals surface area (Å²) in [5, 5.41) is 2.95. The molecule has 0 aliphatic rings. The summed E-state index contributed by atoms with van der Waals surface area (Å²) < 4.78 is 10.2. The Hall–Kier alpha value is -2.82. The highest BCUT2D eigenvalue weighted by molar-refractivity contribution is 5.91. The number of esters is 1. The Balaban J connectivity index is 1.91. The first-order chi connectivity index (χ1) is 12.5. The third-order valence-electron chi connectivity index (χ3n) is 3.90. The lowest BCUT2D eigenvalue weighted by molar-refractivity contribution is -0.125. The number of hydrogen-bond donors (Lipinski definition) is 1. The molecule has 5 nitrogen and oxygen atoms in total. The Bertz CT molecular complexity index is 711. The van der Waals surface area contributed by atoms with Crippen LogP contribution < -0.4 is 10.1 Å². The van der Waals surface area contributed by atoms with E-state index in [-0.39, 0.29) is 18.6 Å². The zero-order valence-electron chi connectivity index (χ0n) is 15.4. The molecule has 0 fully saturated rings. The summed E-state index contributed by atoms with van der Waals surface area (Å²) in [6.45, 7) is 3.89. The second kappa shape index (κ2) is 9.61. The predicted molar refractivity (Wildman–Crippen MR) is 100 cm³/mol. The molecule has 0 aliphatic heterocycles. The number of hydrogen-bond acceptors (Lipinski definition) is 4. The van der Waals surface area contributed by atoms with E-state index in [2.05, 4.69) is 19.2 Å². The van der Waals surface area contributed by atoms with E-state index in [1.54, 1.807) is 31.4 Å². The Morgan fingerprint density at radius 2 is 1.65 bits per heavy atom. The van der Waals surface area contributed by atoms with Crippen LogP contribution in [-0.2, 0) is 9.53 Å². The van der Waals surface area contributed by atoms with E-state index in [1.807, 2.05) is 30.3 Å². The van der Waals surface area contributed by atoms with E-state index >= 15 is 0 Å². The van der Waals surface area contributed by atoms with Crippen LogP contribution in [0.3, 0.4) is 0 Å². The molecule has 0 spiro atoms. The van der Waals surface area contributed by atoms with Gasteiger partial charge in [-0.05, 0) is 42.2 Å². The van der Waals surface area contributed by atoms with Gasteiger partial charge in [0.05, 0.1) is 18.7 Å². The quantitative estimate of drug-likeness (QED) is 0.733. The first-order valence-corrected chi connectivity index (χ1v) is 8.65. The zero-order chi connectivity index (χ0) is 18.9. The zero-order valence-corrected chi connectivity index (χ0v) is 15.4. The van der Waals surface area contributed by atoms with Crippen molar-refractivity contribution in [1.29, 1.82) is 0 Å². The monoisotopic (exact) mass is 355 g/mol. The van der Waals surface area contributed by atoms with Crippen LogP contribution >= 0.6 is 0 Å². The predicted octanol–water partition coefficient (Wildman–Crippen LogP) is 3.76. The fourth-order valence-corrected chi connectivity index (χ4v) is 2.61. The molecule has 0 aliphatic carbocycles. The molecule has 26 heavy (non-hydrogen) atoms. The highest BCUT2D eigenvalue weighted by Crippen LogP contribution is 2.21. The molecule has 2 aromatic rings. The molecule has 2 aromatic carbocycles. The summed E-state index contributed by atoms with van der Waals surface area (Å²) in [4.78, 5) is 24.3. The first kappa shape index (κ1) is 19.5. The fourth-order valence-electron chi connectivity index (χ4n) is 2.61. The number of rotatable bonds is 8. The number of ether oxygens (including phenoxy) is 2. The average Bonchev–Trinajstić information content (AvgIpc) is 2.66. The lowest BCUT2D eigenvalue weighted by Crippen LogP contribution is -2.33. The normalized spacial score (nSPS) is 11.7. The molecule has 1 N–H and O–H groups in total. The van der Waals surface area contributed by atoms with Gasteiger partial charge in [0.15, 0.2) is 6.61 Å². The van der Waals surface area contributed by atoms with Gasteiger partial charge in [-0.2, -0.15) is 0 Å². The second-order valence-electron chi connectivity index (χ2n) is 6.46. The molecule has 1 amide bonds. The number of methoxy groups -OCH3 is 1. The van der Waals surface area contributed by atoms with Crippen molar-refractivity contribution in [3.63, 3.8) is 0 Å². The van der Waals surface area contributed by atoms with Crippen LogP contribution in [0.4, 0.5) is 0 Å². The first-order valence-electron chi connectivity index (χ1n) is 8.65. The minimum absolute atomic E-state index is 0.108. The van der Waals surface area contributed by atoms with Gasteiger partial charge in [0.1, 0.15) is 5.75 Å². The van der Waals surface area contributed by atoms with Crippen LogP contribution in [-0.4, -0.2) is 25.6 Å². The number of benzene rings is 2. The highest BCUT2D eigenvalue weighted by Gasteiger charge is 2.17. The van der Waals surface area contributed by atoms with Crippen LogP contribution in [0.25, 0.3) is 0 Å². The SMILES string of the molecule is COc1ccc(C(=O)OCC(=O)N[C@H](CC(C)C)c2ccccc2)cc1. The maximum absolute atomic E-state index is 12.2. The maximum Gasteiger partial charge on any atom is 0.338 e. The van der Waals surface area contributed by atoms with Crippen LogP contribution in [0.5, 0.6) is 5.75 Å². The summed E-state index contributed by atoms with van der Waals surface area (Å²) in [6, 6.07) is 16.2. The van der Waals surface area contributed by atoms with Crippen molar-refractivity contribution in [1.82, 2.24) is 5.32 Å². The molecule has 0 saturated heterocycles. The molecule has 0 heterocycles. The van der Waals surface area contributed by atoms with Gasteiger partial charge in [-0.15, -0.1) is 0 Å². The summed E-state index contributed by atoms with van der Waals surface area (Å²) in [5.74, 6) is 0.213. The molecule has 0 unspecified atom stereocenters. The summed E-state index contributed by atoms with van der Waals surface area (Å²) in [6.07, 6.45) is 0.808.